The lowest BCUT2D eigenvalue weighted by Gasteiger charge is -2.20. The Kier molecular flexibility index (Phi) is 2.76. The first-order valence-electron chi connectivity index (χ1n) is 4.32. The van der Waals surface area contributed by atoms with E-state index in [1.807, 2.05) is 7.85 Å². The van der Waals surface area contributed by atoms with Crippen molar-refractivity contribution in [3.63, 3.8) is 0 Å². The van der Waals surface area contributed by atoms with E-state index in [1.54, 1.807) is 0 Å². The lowest BCUT2D eigenvalue weighted by atomic mass is 9.80. The monoisotopic (exact) mass is 147 g/mol. The van der Waals surface area contributed by atoms with Crippen molar-refractivity contribution in [2.75, 3.05) is 0 Å². The summed E-state index contributed by atoms with van der Waals surface area (Å²) in [6.07, 6.45) is 4.85. The highest BCUT2D eigenvalue weighted by atomic mass is 14.2. The van der Waals surface area contributed by atoms with Crippen molar-refractivity contribution in [3.05, 3.63) is 11.0 Å². The second-order valence-corrected chi connectivity index (χ2v) is 3.52. The molecule has 0 aromatic rings. The van der Waals surface area contributed by atoms with Gasteiger partial charge in [0.1, 0.15) is 0 Å². The van der Waals surface area contributed by atoms with E-state index in [-0.39, 0.29) is 0 Å². The molecule has 0 atom stereocenters. The fraction of sp³-hybridized carbons (Fsp3) is 0.667. The van der Waals surface area contributed by atoms with E-state index < -0.39 is 0 Å². The van der Waals surface area contributed by atoms with Gasteiger partial charge < -0.3 is 0 Å². The molecule has 0 aromatic heterocycles. The fourth-order valence-electron chi connectivity index (χ4n) is 1.56. The minimum atomic E-state index is 0.866. The summed E-state index contributed by atoms with van der Waals surface area (Å²) in [6, 6.07) is 2.23. The molecular formula is C9H14BN. The van der Waals surface area contributed by atoms with Gasteiger partial charge in [-0.25, -0.2) is 0 Å². The Balaban J connectivity index is 2.59. The van der Waals surface area contributed by atoms with E-state index >= 15 is 0 Å². The highest BCUT2D eigenvalue weighted by Crippen LogP contribution is 2.28. The molecule has 0 radical (unpaired) electrons. The molecule has 11 heavy (non-hydrogen) atoms. The largest absolute Gasteiger partial charge is 0.194 e. The van der Waals surface area contributed by atoms with Crippen LogP contribution in [0.3, 0.4) is 0 Å². The van der Waals surface area contributed by atoms with Crippen LogP contribution in [0.2, 0.25) is 0 Å². The standard InChI is InChI=1S/C9H14BN/c1-7-2-4-8(5-3-7)9(10)6-11/h7H,2-5,10H2,1H3. The smallest absolute Gasteiger partial charge is 0.153 e. The van der Waals surface area contributed by atoms with Crippen LogP contribution in [0.5, 0.6) is 0 Å². The molecule has 0 aromatic carbocycles. The zero-order valence-electron chi connectivity index (χ0n) is 7.35. The van der Waals surface area contributed by atoms with Gasteiger partial charge in [-0.05, 0) is 37.1 Å². The molecule has 2 heteroatoms. The Morgan fingerprint density at radius 3 is 2.55 bits per heavy atom. The molecule has 0 amide bonds. The molecule has 0 spiro atoms. The van der Waals surface area contributed by atoms with E-state index in [0.717, 1.165) is 24.2 Å². The maximum atomic E-state index is 8.65. The van der Waals surface area contributed by atoms with Crippen molar-refractivity contribution in [2.45, 2.75) is 32.6 Å². The van der Waals surface area contributed by atoms with Crippen molar-refractivity contribution in [1.82, 2.24) is 0 Å². The topological polar surface area (TPSA) is 23.8 Å². The summed E-state index contributed by atoms with van der Waals surface area (Å²) in [4.78, 5) is 0. The van der Waals surface area contributed by atoms with Crippen LogP contribution in [-0.2, 0) is 0 Å². The van der Waals surface area contributed by atoms with E-state index in [9.17, 15) is 0 Å². The molecule has 1 fully saturated rings. The molecule has 0 unspecified atom stereocenters. The summed E-state index contributed by atoms with van der Waals surface area (Å²) >= 11 is 0. The van der Waals surface area contributed by atoms with Crippen molar-refractivity contribution < 1.29 is 0 Å². The van der Waals surface area contributed by atoms with Crippen LogP contribution in [-0.4, -0.2) is 7.85 Å². The normalized spacial score (nSPS) is 24.4. The molecule has 1 nitrogen and oxygen atoms in total. The van der Waals surface area contributed by atoms with Crippen molar-refractivity contribution in [2.24, 2.45) is 5.92 Å². The average Bonchev–Trinajstić information content (AvgIpc) is 2.05. The molecule has 0 saturated heterocycles. The van der Waals surface area contributed by atoms with E-state index in [1.165, 1.54) is 18.4 Å². The number of nitrogens with zero attached hydrogens (tertiary/aromatic N) is 1. The van der Waals surface area contributed by atoms with Crippen LogP contribution in [0, 0.1) is 17.2 Å². The van der Waals surface area contributed by atoms with Gasteiger partial charge in [0, 0.05) is 0 Å². The summed E-state index contributed by atoms with van der Waals surface area (Å²) < 4.78 is 0. The van der Waals surface area contributed by atoms with Crippen LogP contribution in [0.4, 0.5) is 0 Å². The Bertz CT molecular complexity index is 202. The summed E-state index contributed by atoms with van der Waals surface area (Å²) in [5, 5.41) is 8.65. The molecule has 0 bridgehead atoms. The van der Waals surface area contributed by atoms with Gasteiger partial charge in [0.05, 0.1) is 6.07 Å². The van der Waals surface area contributed by atoms with Crippen LogP contribution >= 0.6 is 0 Å². The number of allylic oxidation sites excluding steroid dienone is 2. The van der Waals surface area contributed by atoms with Gasteiger partial charge >= 0.3 is 0 Å². The van der Waals surface area contributed by atoms with Crippen LogP contribution < -0.4 is 0 Å². The van der Waals surface area contributed by atoms with Gasteiger partial charge in [-0.2, -0.15) is 5.26 Å². The third kappa shape index (κ3) is 2.11. The second kappa shape index (κ2) is 3.62. The average molecular weight is 147 g/mol. The molecule has 58 valence electrons. The molecular weight excluding hydrogens is 133 g/mol. The number of hydrogen-bond acceptors (Lipinski definition) is 1. The molecule has 0 heterocycles. The summed E-state index contributed by atoms with van der Waals surface area (Å²) in [5.74, 6) is 0.866. The zero-order valence-corrected chi connectivity index (χ0v) is 7.35. The molecule has 1 saturated carbocycles. The lowest BCUT2D eigenvalue weighted by molar-refractivity contribution is 0.443. The number of rotatable bonds is 0. The zero-order chi connectivity index (χ0) is 8.27. The highest BCUT2D eigenvalue weighted by Gasteiger charge is 2.13. The third-order valence-corrected chi connectivity index (χ3v) is 2.58. The van der Waals surface area contributed by atoms with Gasteiger partial charge in [0.2, 0.25) is 0 Å². The van der Waals surface area contributed by atoms with Crippen molar-refractivity contribution in [3.8, 4) is 6.07 Å². The lowest BCUT2D eigenvalue weighted by Crippen LogP contribution is -2.05. The Morgan fingerprint density at radius 2 is 2.09 bits per heavy atom. The van der Waals surface area contributed by atoms with Gasteiger partial charge in [-0.1, -0.05) is 12.5 Å². The maximum absolute atomic E-state index is 8.65. The van der Waals surface area contributed by atoms with Crippen LogP contribution in [0.15, 0.2) is 11.0 Å². The molecule has 1 aliphatic carbocycles. The summed E-state index contributed by atoms with van der Waals surface area (Å²) in [7, 11) is 1.94. The number of hydrogen-bond donors (Lipinski definition) is 0. The minimum absolute atomic E-state index is 0.866. The Morgan fingerprint density at radius 1 is 1.55 bits per heavy atom. The third-order valence-electron chi connectivity index (χ3n) is 2.58. The Hall–Kier alpha value is -0.705. The summed E-state index contributed by atoms with van der Waals surface area (Å²) in [6.45, 7) is 2.29. The first kappa shape index (κ1) is 8.39. The maximum Gasteiger partial charge on any atom is 0.153 e. The molecule has 0 N–H and O–H groups in total. The number of nitriles is 1. The molecule has 0 aliphatic heterocycles. The Labute approximate surface area is 69.5 Å². The minimum Gasteiger partial charge on any atom is -0.194 e. The SMILES string of the molecule is BC(C#N)=C1CCC(C)CC1. The van der Waals surface area contributed by atoms with E-state index in [0.29, 0.717) is 0 Å². The predicted molar refractivity (Wildman–Crippen MR) is 48.8 cm³/mol. The second-order valence-electron chi connectivity index (χ2n) is 3.52. The van der Waals surface area contributed by atoms with Crippen molar-refractivity contribution >= 4 is 7.85 Å². The fourth-order valence-corrected chi connectivity index (χ4v) is 1.56. The van der Waals surface area contributed by atoms with Crippen LogP contribution in [0.25, 0.3) is 0 Å². The predicted octanol–water partition coefficient (Wildman–Crippen LogP) is 1.61. The summed E-state index contributed by atoms with van der Waals surface area (Å²) in [5.41, 5.74) is 2.35. The molecule has 1 aliphatic rings. The quantitative estimate of drug-likeness (QED) is 0.377. The van der Waals surface area contributed by atoms with Gasteiger partial charge in [-0.3, -0.25) is 0 Å². The van der Waals surface area contributed by atoms with E-state index in [4.69, 9.17) is 5.26 Å². The van der Waals surface area contributed by atoms with Crippen LogP contribution in [0.1, 0.15) is 32.6 Å². The first-order valence-corrected chi connectivity index (χ1v) is 4.32. The van der Waals surface area contributed by atoms with Gasteiger partial charge in [-0.15, -0.1) is 0 Å². The highest BCUT2D eigenvalue weighted by molar-refractivity contribution is 6.24. The van der Waals surface area contributed by atoms with Gasteiger partial charge in [0.25, 0.3) is 0 Å². The van der Waals surface area contributed by atoms with E-state index in [2.05, 4.69) is 13.0 Å². The molecule has 1 rings (SSSR count). The first-order chi connectivity index (χ1) is 5.24. The van der Waals surface area contributed by atoms with Crippen molar-refractivity contribution in [1.29, 1.82) is 5.26 Å². The van der Waals surface area contributed by atoms with Gasteiger partial charge in [0.15, 0.2) is 7.85 Å².